The first-order chi connectivity index (χ1) is 7.81. The molecule has 0 bridgehead atoms. The number of aromatic nitrogens is 2. The van der Waals surface area contributed by atoms with Gasteiger partial charge < -0.3 is 14.4 Å². The van der Waals surface area contributed by atoms with Crippen LogP contribution in [0, 0.1) is 0 Å². The van der Waals surface area contributed by atoms with Gasteiger partial charge >= 0.3 is 5.97 Å². The van der Waals surface area contributed by atoms with Crippen LogP contribution in [-0.4, -0.2) is 49.1 Å². The summed E-state index contributed by atoms with van der Waals surface area (Å²) in [5, 5.41) is 8.87. The van der Waals surface area contributed by atoms with Gasteiger partial charge in [0.05, 0.1) is 19.8 Å². The summed E-state index contributed by atoms with van der Waals surface area (Å²) in [7, 11) is 0. The van der Waals surface area contributed by atoms with E-state index in [-0.39, 0.29) is 0 Å². The Kier molecular flexibility index (Phi) is 3.68. The van der Waals surface area contributed by atoms with E-state index in [0.29, 0.717) is 24.8 Å². The molecule has 0 atom stereocenters. The van der Waals surface area contributed by atoms with Crippen molar-refractivity contribution in [1.82, 2.24) is 10.2 Å². The minimum absolute atomic E-state index is 0.309. The zero-order chi connectivity index (χ0) is 11.4. The first-order valence-corrected chi connectivity index (χ1v) is 5.96. The van der Waals surface area contributed by atoms with Crippen molar-refractivity contribution in [2.45, 2.75) is 6.92 Å². The normalized spacial score (nSPS) is 16.2. The van der Waals surface area contributed by atoms with Crippen molar-refractivity contribution in [2.24, 2.45) is 0 Å². The minimum Gasteiger partial charge on any atom is -0.461 e. The van der Waals surface area contributed by atoms with Gasteiger partial charge in [-0.15, -0.1) is 10.2 Å². The second-order valence-corrected chi connectivity index (χ2v) is 4.17. The highest BCUT2D eigenvalue weighted by atomic mass is 32.1. The molecule has 2 rings (SSSR count). The highest BCUT2D eigenvalue weighted by Gasteiger charge is 2.19. The van der Waals surface area contributed by atoms with Crippen LogP contribution in [0.3, 0.4) is 0 Å². The standard InChI is InChI=1S/C9H13N3O3S/c1-2-15-8(13)7-10-11-9(16-7)12-3-5-14-6-4-12/h2-6H2,1H3. The fourth-order valence-electron chi connectivity index (χ4n) is 1.37. The van der Waals surface area contributed by atoms with Crippen molar-refractivity contribution >= 4 is 22.4 Å². The SMILES string of the molecule is CCOC(=O)c1nnc(N2CCOCC2)s1. The van der Waals surface area contributed by atoms with Gasteiger partial charge in [-0.2, -0.15) is 0 Å². The zero-order valence-electron chi connectivity index (χ0n) is 9.01. The van der Waals surface area contributed by atoms with Gasteiger partial charge in [0.2, 0.25) is 10.1 Å². The van der Waals surface area contributed by atoms with E-state index in [1.807, 2.05) is 0 Å². The maximum Gasteiger partial charge on any atom is 0.369 e. The average Bonchev–Trinajstić information content (AvgIpc) is 2.80. The molecule has 0 amide bonds. The summed E-state index contributed by atoms with van der Waals surface area (Å²) in [6, 6.07) is 0. The predicted molar refractivity (Wildman–Crippen MR) is 58.9 cm³/mol. The third-order valence-corrected chi connectivity index (χ3v) is 3.11. The number of nitrogens with zero attached hydrogens (tertiary/aromatic N) is 3. The summed E-state index contributed by atoms with van der Waals surface area (Å²) < 4.78 is 10.1. The van der Waals surface area contributed by atoms with Gasteiger partial charge in [0.1, 0.15) is 0 Å². The van der Waals surface area contributed by atoms with Crippen molar-refractivity contribution in [3.63, 3.8) is 0 Å². The molecular weight excluding hydrogens is 230 g/mol. The van der Waals surface area contributed by atoms with Crippen molar-refractivity contribution in [3.05, 3.63) is 5.01 Å². The van der Waals surface area contributed by atoms with E-state index in [2.05, 4.69) is 15.1 Å². The van der Waals surface area contributed by atoms with E-state index in [1.165, 1.54) is 11.3 Å². The predicted octanol–water partition coefficient (Wildman–Crippen LogP) is 0.551. The second-order valence-electron chi connectivity index (χ2n) is 3.21. The molecule has 16 heavy (non-hydrogen) atoms. The van der Waals surface area contributed by atoms with Crippen LogP contribution in [0.25, 0.3) is 0 Å². The molecule has 0 aliphatic carbocycles. The summed E-state index contributed by atoms with van der Waals surface area (Å²) in [5.74, 6) is -0.403. The van der Waals surface area contributed by atoms with Crippen molar-refractivity contribution in [1.29, 1.82) is 0 Å². The van der Waals surface area contributed by atoms with Crippen LogP contribution in [0.1, 0.15) is 16.7 Å². The van der Waals surface area contributed by atoms with Gasteiger partial charge in [-0.25, -0.2) is 4.79 Å². The molecule has 0 saturated carbocycles. The van der Waals surface area contributed by atoms with E-state index < -0.39 is 5.97 Å². The van der Waals surface area contributed by atoms with Gasteiger partial charge in [-0.05, 0) is 6.92 Å². The van der Waals surface area contributed by atoms with Crippen molar-refractivity contribution < 1.29 is 14.3 Å². The Hall–Kier alpha value is -1.21. The fourth-order valence-corrected chi connectivity index (χ4v) is 2.16. The Morgan fingerprint density at radius 2 is 2.25 bits per heavy atom. The molecule has 0 aromatic carbocycles. The Bertz CT molecular complexity index is 363. The molecule has 0 unspecified atom stereocenters. The minimum atomic E-state index is -0.403. The molecule has 1 aromatic rings. The lowest BCUT2D eigenvalue weighted by atomic mass is 10.5. The molecule has 2 heterocycles. The topological polar surface area (TPSA) is 64.5 Å². The molecule has 7 heteroatoms. The zero-order valence-corrected chi connectivity index (χ0v) is 9.83. The monoisotopic (exact) mass is 243 g/mol. The number of hydrogen-bond donors (Lipinski definition) is 0. The number of esters is 1. The first-order valence-electron chi connectivity index (χ1n) is 5.14. The molecule has 1 aliphatic heterocycles. The highest BCUT2D eigenvalue weighted by molar-refractivity contribution is 7.17. The number of anilines is 1. The van der Waals surface area contributed by atoms with Crippen LogP contribution in [0.4, 0.5) is 5.13 Å². The first kappa shape index (κ1) is 11.3. The van der Waals surface area contributed by atoms with E-state index in [9.17, 15) is 4.79 Å². The molecule has 6 nitrogen and oxygen atoms in total. The number of rotatable bonds is 3. The molecule has 0 radical (unpaired) electrons. The van der Waals surface area contributed by atoms with Crippen LogP contribution >= 0.6 is 11.3 Å². The highest BCUT2D eigenvalue weighted by Crippen LogP contribution is 2.21. The molecular formula is C9H13N3O3S. The number of morpholine rings is 1. The Morgan fingerprint density at radius 3 is 2.94 bits per heavy atom. The van der Waals surface area contributed by atoms with Crippen LogP contribution in [-0.2, 0) is 9.47 Å². The average molecular weight is 243 g/mol. The molecule has 1 saturated heterocycles. The Balaban J connectivity index is 2.03. The van der Waals surface area contributed by atoms with Crippen LogP contribution in [0.5, 0.6) is 0 Å². The quantitative estimate of drug-likeness (QED) is 0.722. The van der Waals surface area contributed by atoms with Gasteiger partial charge in [0.15, 0.2) is 0 Å². The number of ether oxygens (including phenoxy) is 2. The molecule has 0 N–H and O–H groups in total. The van der Waals surface area contributed by atoms with Gasteiger partial charge in [0, 0.05) is 13.1 Å². The lowest BCUT2D eigenvalue weighted by Gasteiger charge is -2.25. The van der Waals surface area contributed by atoms with Crippen LogP contribution < -0.4 is 4.90 Å². The number of hydrogen-bond acceptors (Lipinski definition) is 7. The van der Waals surface area contributed by atoms with E-state index in [4.69, 9.17) is 9.47 Å². The molecule has 1 fully saturated rings. The van der Waals surface area contributed by atoms with E-state index in [1.54, 1.807) is 6.92 Å². The summed E-state index contributed by atoms with van der Waals surface area (Å²) in [4.78, 5) is 13.4. The van der Waals surface area contributed by atoms with Crippen molar-refractivity contribution in [2.75, 3.05) is 37.8 Å². The largest absolute Gasteiger partial charge is 0.461 e. The lowest BCUT2D eigenvalue weighted by Crippen LogP contribution is -2.36. The maximum atomic E-state index is 11.4. The Labute approximate surface area is 97.2 Å². The molecule has 1 aliphatic rings. The molecule has 88 valence electrons. The van der Waals surface area contributed by atoms with Gasteiger partial charge in [0.25, 0.3) is 0 Å². The third kappa shape index (κ3) is 2.48. The smallest absolute Gasteiger partial charge is 0.369 e. The van der Waals surface area contributed by atoms with Gasteiger partial charge in [-0.1, -0.05) is 11.3 Å². The summed E-state index contributed by atoms with van der Waals surface area (Å²) in [6.07, 6.45) is 0. The summed E-state index contributed by atoms with van der Waals surface area (Å²) in [5.41, 5.74) is 0. The fraction of sp³-hybridized carbons (Fsp3) is 0.667. The maximum absolute atomic E-state index is 11.4. The Morgan fingerprint density at radius 1 is 1.50 bits per heavy atom. The van der Waals surface area contributed by atoms with Gasteiger partial charge in [-0.3, -0.25) is 0 Å². The molecule has 1 aromatic heterocycles. The van der Waals surface area contributed by atoms with Crippen LogP contribution in [0.15, 0.2) is 0 Å². The van der Waals surface area contributed by atoms with E-state index in [0.717, 1.165) is 18.2 Å². The number of carbonyl (C=O) groups excluding carboxylic acids is 1. The number of carbonyl (C=O) groups is 1. The van der Waals surface area contributed by atoms with Crippen molar-refractivity contribution in [3.8, 4) is 0 Å². The summed E-state index contributed by atoms with van der Waals surface area (Å²) >= 11 is 1.26. The third-order valence-electron chi connectivity index (χ3n) is 2.15. The lowest BCUT2D eigenvalue weighted by molar-refractivity contribution is 0.0525. The molecule has 0 spiro atoms. The van der Waals surface area contributed by atoms with Crippen LogP contribution in [0.2, 0.25) is 0 Å². The summed E-state index contributed by atoms with van der Waals surface area (Å²) in [6.45, 7) is 5.07. The van der Waals surface area contributed by atoms with E-state index >= 15 is 0 Å². The second kappa shape index (κ2) is 5.22.